The van der Waals surface area contributed by atoms with Gasteiger partial charge in [-0.05, 0) is 25.8 Å². The minimum atomic E-state index is -0.700. The summed E-state index contributed by atoms with van der Waals surface area (Å²) in [6.07, 6.45) is -0.0300. The Morgan fingerprint density at radius 3 is 2.55 bits per heavy atom. The summed E-state index contributed by atoms with van der Waals surface area (Å²) in [4.78, 5) is 24.5. The third-order valence-corrected chi connectivity index (χ3v) is 3.65. The van der Waals surface area contributed by atoms with Crippen molar-refractivity contribution >= 4 is 28.4 Å². The van der Waals surface area contributed by atoms with E-state index in [4.69, 9.17) is 14.6 Å². The molecule has 0 radical (unpaired) electrons. The van der Waals surface area contributed by atoms with E-state index in [0.29, 0.717) is 17.0 Å². The standard InChI is InChI=1S/C13H19NO5S/c1-4-9-8(3)20-11(10(9)12(16)18-5-2)14-13(17)19-7-6-15/h15H,4-7H2,1-3H3,(H,14,17). The van der Waals surface area contributed by atoms with Gasteiger partial charge in [0.05, 0.1) is 18.8 Å². The zero-order valence-electron chi connectivity index (χ0n) is 11.8. The number of carbonyl (C=O) groups is 2. The average Bonchev–Trinajstić information content (AvgIpc) is 2.72. The Hall–Kier alpha value is -1.60. The second-order valence-electron chi connectivity index (χ2n) is 3.90. The van der Waals surface area contributed by atoms with Gasteiger partial charge in [0.1, 0.15) is 11.6 Å². The maximum absolute atomic E-state index is 12.0. The second kappa shape index (κ2) is 7.86. The van der Waals surface area contributed by atoms with Gasteiger partial charge in [-0.2, -0.15) is 0 Å². The van der Waals surface area contributed by atoms with Crippen LogP contribution in [0.25, 0.3) is 0 Å². The fraction of sp³-hybridized carbons (Fsp3) is 0.538. The molecule has 1 heterocycles. The monoisotopic (exact) mass is 301 g/mol. The molecule has 0 fully saturated rings. The summed E-state index contributed by atoms with van der Waals surface area (Å²) < 4.78 is 9.75. The number of esters is 1. The summed E-state index contributed by atoms with van der Waals surface area (Å²) in [6, 6.07) is 0. The number of aliphatic hydroxyl groups excluding tert-OH is 1. The van der Waals surface area contributed by atoms with E-state index in [2.05, 4.69) is 5.32 Å². The van der Waals surface area contributed by atoms with Crippen molar-refractivity contribution in [2.24, 2.45) is 0 Å². The van der Waals surface area contributed by atoms with Crippen LogP contribution < -0.4 is 5.32 Å². The molecule has 0 spiro atoms. The van der Waals surface area contributed by atoms with E-state index in [-0.39, 0.29) is 19.8 Å². The van der Waals surface area contributed by atoms with Gasteiger partial charge in [0.15, 0.2) is 0 Å². The predicted octanol–water partition coefficient (Wildman–Crippen LogP) is 2.34. The number of amides is 1. The van der Waals surface area contributed by atoms with Crippen molar-refractivity contribution in [3.8, 4) is 0 Å². The van der Waals surface area contributed by atoms with Gasteiger partial charge in [-0.3, -0.25) is 5.32 Å². The maximum Gasteiger partial charge on any atom is 0.412 e. The fourth-order valence-corrected chi connectivity index (χ4v) is 2.90. The van der Waals surface area contributed by atoms with Gasteiger partial charge in [0.25, 0.3) is 0 Å². The molecule has 0 atom stereocenters. The minimum Gasteiger partial charge on any atom is -0.462 e. The molecule has 112 valence electrons. The molecular formula is C13H19NO5S. The van der Waals surface area contributed by atoms with Gasteiger partial charge in [0.2, 0.25) is 0 Å². The molecule has 1 aromatic rings. The number of ether oxygens (including phenoxy) is 2. The fourth-order valence-electron chi connectivity index (χ4n) is 1.78. The minimum absolute atomic E-state index is 0.0917. The van der Waals surface area contributed by atoms with Gasteiger partial charge < -0.3 is 14.6 Å². The van der Waals surface area contributed by atoms with Crippen molar-refractivity contribution in [1.82, 2.24) is 0 Å². The molecule has 7 heteroatoms. The Morgan fingerprint density at radius 1 is 1.30 bits per heavy atom. The van der Waals surface area contributed by atoms with Crippen molar-refractivity contribution in [3.05, 3.63) is 16.0 Å². The first-order valence-corrected chi connectivity index (χ1v) is 7.20. The zero-order valence-corrected chi connectivity index (χ0v) is 12.6. The molecular weight excluding hydrogens is 282 g/mol. The Labute approximate surface area is 121 Å². The van der Waals surface area contributed by atoms with Crippen LogP contribution in [0.5, 0.6) is 0 Å². The van der Waals surface area contributed by atoms with Crippen LogP contribution in [0, 0.1) is 6.92 Å². The second-order valence-corrected chi connectivity index (χ2v) is 5.12. The van der Waals surface area contributed by atoms with E-state index in [1.807, 2.05) is 13.8 Å². The largest absolute Gasteiger partial charge is 0.462 e. The van der Waals surface area contributed by atoms with Gasteiger partial charge >= 0.3 is 12.1 Å². The smallest absolute Gasteiger partial charge is 0.412 e. The highest BCUT2D eigenvalue weighted by atomic mass is 32.1. The highest BCUT2D eigenvalue weighted by Crippen LogP contribution is 2.34. The first-order valence-electron chi connectivity index (χ1n) is 6.39. The van der Waals surface area contributed by atoms with Crippen LogP contribution in [-0.2, 0) is 15.9 Å². The van der Waals surface area contributed by atoms with Gasteiger partial charge in [-0.15, -0.1) is 11.3 Å². The molecule has 20 heavy (non-hydrogen) atoms. The molecule has 1 rings (SSSR count). The van der Waals surface area contributed by atoms with Crippen molar-refractivity contribution in [2.45, 2.75) is 27.2 Å². The van der Waals surface area contributed by atoms with Crippen LogP contribution in [0.1, 0.15) is 34.6 Å². The molecule has 1 amide bonds. The number of nitrogens with one attached hydrogen (secondary N) is 1. The highest BCUT2D eigenvalue weighted by molar-refractivity contribution is 7.16. The normalized spacial score (nSPS) is 10.2. The SMILES string of the molecule is CCOC(=O)c1c(NC(=O)OCCO)sc(C)c1CC. The Bertz CT molecular complexity index is 483. The van der Waals surface area contributed by atoms with Crippen molar-refractivity contribution in [3.63, 3.8) is 0 Å². The van der Waals surface area contributed by atoms with Gasteiger partial charge in [-0.25, -0.2) is 9.59 Å². The van der Waals surface area contributed by atoms with E-state index in [9.17, 15) is 9.59 Å². The lowest BCUT2D eigenvalue weighted by atomic mass is 10.1. The van der Waals surface area contributed by atoms with E-state index < -0.39 is 12.1 Å². The summed E-state index contributed by atoms with van der Waals surface area (Å²) >= 11 is 1.31. The number of hydrogen-bond acceptors (Lipinski definition) is 6. The molecule has 6 nitrogen and oxygen atoms in total. The number of aryl methyl sites for hydroxylation is 1. The van der Waals surface area contributed by atoms with Gasteiger partial charge in [-0.1, -0.05) is 6.92 Å². The third kappa shape index (κ3) is 3.94. The first-order chi connectivity index (χ1) is 9.54. The number of thiophene rings is 1. The summed E-state index contributed by atoms with van der Waals surface area (Å²) in [7, 11) is 0. The van der Waals surface area contributed by atoms with Gasteiger partial charge in [0, 0.05) is 4.88 Å². The lowest BCUT2D eigenvalue weighted by Crippen LogP contribution is -2.17. The summed E-state index contributed by atoms with van der Waals surface area (Å²) in [6.45, 7) is 5.48. The molecule has 2 N–H and O–H groups in total. The molecule has 0 saturated heterocycles. The van der Waals surface area contributed by atoms with Crippen LogP contribution in [-0.4, -0.2) is 37.0 Å². The quantitative estimate of drug-likeness (QED) is 0.788. The summed E-state index contributed by atoms with van der Waals surface area (Å²) in [5.41, 5.74) is 1.25. The highest BCUT2D eigenvalue weighted by Gasteiger charge is 2.23. The summed E-state index contributed by atoms with van der Waals surface area (Å²) in [5, 5.41) is 11.5. The van der Waals surface area contributed by atoms with Crippen LogP contribution in [0.3, 0.4) is 0 Å². The van der Waals surface area contributed by atoms with E-state index >= 15 is 0 Å². The first kappa shape index (κ1) is 16.5. The predicted molar refractivity (Wildman–Crippen MR) is 76.4 cm³/mol. The molecule has 0 bridgehead atoms. The lowest BCUT2D eigenvalue weighted by Gasteiger charge is -2.08. The number of carbonyl (C=O) groups excluding carboxylic acids is 2. The van der Waals surface area contributed by atoms with Crippen LogP contribution in [0.2, 0.25) is 0 Å². The third-order valence-electron chi connectivity index (χ3n) is 2.58. The number of hydrogen-bond donors (Lipinski definition) is 2. The van der Waals surface area contributed by atoms with E-state index in [0.717, 1.165) is 10.4 Å². The molecule has 0 aliphatic carbocycles. The average molecular weight is 301 g/mol. The Balaban J connectivity index is 3.00. The van der Waals surface area contributed by atoms with Crippen molar-refractivity contribution < 1.29 is 24.2 Å². The van der Waals surface area contributed by atoms with Crippen LogP contribution in [0.15, 0.2) is 0 Å². The molecule has 1 aromatic heterocycles. The van der Waals surface area contributed by atoms with Crippen molar-refractivity contribution in [1.29, 1.82) is 0 Å². The topological polar surface area (TPSA) is 84.9 Å². The lowest BCUT2D eigenvalue weighted by molar-refractivity contribution is 0.0527. The van der Waals surface area contributed by atoms with E-state index in [1.165, 1.54) is 11.3 Å². The Kier molecular flexibility index (Phi) is 6.47. The van der Waals surface area contributed by atoms with Crippen LogP contribution in [0.4, 0.5) is 9.80 Å². The molecule has 0 unspecified atom stereocenters. The number of aliphatic hydroxyl groups is 1. The molecule has 0 aromatic carbocycles. The Morgan fingerprint density at radius 2 is 2.00 bits per heavy atom. The van der Waals surface area contributed by atoms with Crippen molar-refractivity contribution in [2.75, 3.05) is 25.1 Å². The molecule has 0 aliphatic rings. The summed E-state index contributed by atoms with van der Waals surface area (Å²) in [5.74, 6) is -0.453. The zero-order chi connectivity index (χ0) is 15.1. The number of rotatable bonds is 6. The van der Waals surface area contributed by atoms with Crippen LogP contribution >= 0.6 is 11.3 Å². The molecule has 0 saturated carbocycles. The molecule has 0 aliphatic heterocycles. The maximum atomic E-state index is 12.0. The van der Waals surface area contributed by atoms with E-state index in [1.54, 1.807) is 6.92 Å². The number of anilines is 1.